The zero-order chi connectivity index (χ0) is 26.9. The van der Waals surface area contributed by atoms with Gasteiger partial charge in [-0.1, -0.05) is 30.3 Å². The van der Waals surface area contributed by atoms with Crippen molar-refractivity contribution in [1.29, 1.82) is 0 Å². The van der Waals surface area contributed by atoms with Crippen LogP contribution in [0.3, 0.4) is 0 Å². The number of nitrogens with one attached hydrogen (secondary N) is 1. The second-order valence-electron chi connectivity index (χ2n) is 9.93. The highest BCUT2D eigenvalue weighted by molar-refractivity contribution is 7.80. The predicted octanol–water partition coefficient (Wildman–Crippen LogP) is 7.77. The highest BCUT2D eigenvalue weighted by Gasteiger charge is 2.42. The van der Waals surface area contributed by atoms with Crippen LogP contribution in [-0.4, -0.2) is 14.7 Å². The molecule has 0 amide bonds. The molecule has 3 heterocycles. The Morgan fingerprint density at radius 1 is 0.769 bits per heavy atom. The Balaban J connectivity index is 1.40. The van der Waals surface area contributed by atoms with E-state index < -0.39 is 0 Å². The van der Waals surface area contributed by atoms with Gasteiger partial charge in [0, 0.05) is 29.5 Å². The Bertz CT molecular complexity index is 1630. The predicted molar refractivity (Wildman–Crippen MR) is 161 cm³/mol. The molecule has 0 aliphatic carbocycles. The molecular weight excluding hydrogens is 500 g/mol. The number of thiocarbonyl (C=S) groups is 1. The van der Waals surface area contributed by atoms with E-state index in [1.54, 1.807) is 0 Å². The topological polar surface area (TPSA) is 42.3 Å². The Morgan fingerprint density at radius 3 is 2.28 bits per heavy atom. The van der Waals surface area contributed by atoms with E-state index in [0.717, 1.165) is 39.8 Å². The molecule has 6 rings (SSSR count). The van der Waals surface area contributed by atoms with Crippen LogP contribution in [0, 0.1) is 20.8 Å². The summed E-state index contributed by atoms with van der Waals surface area (Å²) in [5.41, 5.74) is 7.81. The minimum absolute atomic E-state index is 0.118. The molecule has 2 atom stereocenters. The molecule has 39 heavy (non-hydrogen) atoms. The number of aryl methyl sites for hydroxylation is 3. The minimum atomic E-state index is -0.123. The summed E-state index contributed by atoms with van der Waals surface area (Å²) in [5, 5.41) is 4.23. The lowest BCUT2D eigenvalue weighted by molar-refractivity contribution is 0.479. The molecule has 0 radical (unpaired) electrons. The maximum atomic E-state index is 6.16. The maximum Gasteiger partial charge on any atom is 0.174 e. The highest BCUT2D eigenvalue weighted by atomic mass is 32.1. The molecule has 1 saturated heterocycles. The average Bonchev–Trinajstić information content (AvgIpc) is 3.57. The average molecular weight is 531 g/mol. The molecule has 5 nitrogen and oxygen atoms in total. The van der Waals surface area contributed by atoms with Crippen molar-refractivity contribution in [3.8, 4) is 17.2 Å². The zero-order valence-electron chi connectivity index (χ0n) is 22.2. The van der Waals surface area contributed by atoms with Crippen LogP contribution in [0.5, 0.6) is 11.5 Å². The summed E-state index contributed by atoms with van der Waals surface area (Å²) in [7, 11) is 0. The lowest BCUT2D eigenvalue weighted by atomic mass is 10.0. The standard InChI is InChI=1S/C33H30N4OS/c1-22-13-14-26(21-24(22)3)36-20-8-11-29(36)32-31(28-10-6-7-19-34-28)35-33(39)37(32)25-15-17-27(18-16-25)38-30-12-5-4-9-23(30)2/h4-21,31-32H,1-3H3,(H,35,39)/t31-,32-/m1/s1. The molecule has 6 heteroatoms. The number of hydrogen-bond acceptors (Lipinski definition) is 3. The zero-order valence-corrected chi connectivity index (χ0v) is 23.0. The Hall–Kier alpha value is -4.42. The first-order chi connectivity index (χ1) is 19.0. The molecule has 0 unspecified atom stereocenters. The van der Waals surface area contributed by atoms with Gasteiger partial charge in [-0.2, -0.15) is 0 Å². The Morgan fingerprint density at radius 2 is 1.54 bits per heavy atom. The van der Waals surface area contributed by atoms with Crippen LogP contribution in [0.2, 0.25) is 0 Å². The molecule has 0 saturated carbocycles. The normalized spacial score (nSPS) is 16.8. The minimum Gasteiger partial charge on any atom is -0.457 e. The molecule has 1 aliphatic rings. The Kier molecular flexibility index (Phi) is 6.63. The van der Waals surface area contributed by atoms with Gasteiger partial charge in [-0.15, -0.1) is 0 Å². The van der Waals surface area contributed by atoms with Gasteiger partial charge < -0.3 is 19.5 Å². The van der Waals surface area contributed by atoms with Crippen LogP contribution in [0.1, 0.15) is 40.2 Å². The fraction of sp³-hybridized carbons (Fsp3) is 0.152. The molecule has 0 spiro atoms. The molecule has 1 fully saturated rings. The second-order valence-corrected chi connectivity index (χ2v) is 10.3. The van der Waals surface area contributed by atoms with Gasteiger partial charge in [0.15, 0.2) is 5.11 Å². The first-order valence-corrected chi connectivity index (χ1v) is 13.5. The van der Waals surface area contributed by atoms with E-state index in [2.05, 4.69) is 83.4 Å². The lowest BCUT2D eigenvalue weighted by Gasteiger charge is -2.29. The summed E-state index contributed by atoms with van der Waals surface area (Å²) in [5.74, 6) is 1.63. The molecule has 1 aliphatic heterocycles. The fourth-order valence-corrected chi connectivity index (χ4v) is 5.50. The van der Waals surface area contributed by atoms with Gasteiger partial charge in [0.25, 0.3) is 0 Å². The number of pyridine rings is 1. The van der Waals surface area contributed by atoms with E-state index in [0.29, 0.717) is 5.11 Å². The van der Waals surface area contributed by atoms with Crippen LogP contribution in [0.4, 0.5) is 5.69 Å². The van der Waals surface area contributed by atoms with Gasteiger partial charge in [-0.25, -0.2) is 0 Å². The third-order valence-electron chi connectivity index (χ3n) is 7.39. The van der Waals surface area contributed by atoms with Crippen molar-refractivity contribution in [3.05, 3.63) is 138 Å². The molecule has 5 aromatic rings. The third kappa shape index (κ3) is 4.79. The van der Waals surface area contributed by atoms with Crippen molar-refractivity contribution in [1.82, 2.24) is 14.9 Å². The Labute approximate surface area is 234 Å². The molecule has 2 aromatic heterocycles. The first kappa shape index (κ1) is 24.9. The number of ether oxygens (including phenoxy) is 1. The summed E-state index contributed by atoms with van der Waals surface area (Å²) in [6, 6.07) is 32.8. The fourth-order valence-electron chi connectivity index (χ4n) is 5.15. The van der Waals surface area contributed by atoms with Crippen LogP contribution in [0.25, 0.3) is 5.69 Å². The van der Waals surface area contributed by atoms with Crippen LogP contribution >= 0.6 is 12.2 Å². The largest absolute Gasteiger partial charge is 0.457 e. The van der Waals surface area contributed by atoms with Crippen molar-refractivity contribution in [2.75, 3.05) is 4.90 Å². The number of para-hydroxylation sites is 1. The SMILES string of the molecule is Cc1ccc(-n2cccc2[C@@H]2[C@@H](c3ccccn3)NC(=S)N2c2ccc(Oc3ccccc3C)cc2)cc1C. The molecular formula is C33H30N4OS. The molecule has 1 N–H and O–H groups in total. The summed E-state index contributed by atoms with van der Waals surface area (Å²) >= 11 is 5.95. The van der Waals surface area contributed by atoms with Crippen molar-refractivity contribution in [3.63, 3.8) is 0 Å². The first-order valence-electron chi connectivity index (χ1n) is 13.1. The summed E-state index contributed by atoms with van der Waals surface area (Å²) in [6.07, 6.45) is 3.95. The number of rotatable bonds is 6. The molecule has 3 aromatic carbocycles. The number of anilines is 1. The van der Waals surface area contributed by atoms with Crippen LogP contribution in [-0.2, 0) is 0 Å². The number of aromatic nitrogens is 2. The van der Waals surface area contributed by atoms with Crippen molar-refractivity contribution >= 4 is 23.0 Å². The van der Waals surface area contributed by atoms with Gasteiger partial charge in [-0.3, -0.25) is 4.98 Å². The van der Waals surface area contributed by atoms with E-state index >= 15 is 0 Å². The van der Waals surface area contributed by atoms with Gasteiger partial charge in [0.05, 0.1) is 11.7 Å². The maximum absolute atomic E-state index is 6.16. The van der Waals surface area contributed by atoms with Gasteiger partial charge in [0.1, 0.15) is 17.5 Å². The van der Waals surface area contributed by atoms with Gasteiger partial charge in [0.2, 0.25) is 0 Å². The molecule has 194 valence electrons. The van der Waals surface area contributed by atoms with Crippen molar-refractivity contribution in [2.24, 2.45) is 0 Å². The van der Waals surface area contributed by atoms with Gasteiger partial charge in [-0.05, 0) is 116 Å². The third-order valence-corrected chi connectivity index (χ3v) is 7.70. The van der Waals surface area contributed by atoms with E-state index in [1.807, 2.05) is 61.7 Å². The number of hydrogen-bond donors (Lipinski definition) is 1. The van der Waals surface area contributed by atoms with Gasteiger partial charge >= 0.3 is 0 Å². The highest BCUT2D eigenvalue weighted by Crippen LogP contribution is 2.42. The number of nitrogens with zero attached hydrogens (tertiary/aromatic N) is 3. The van der Waals surface area contributed by atoms with E-state index in [4.69, 9.17) is 21.9 Å². The smallest absolute Gasteiger partial charge is 0.174 e. The second kappa shape index (κ2) is 10.4. The summed E-state index contributed by atoms with van der Waals surface area (Å²) in [4.78, 5) is 6.90. The quantitative estimate of drug-likeness (QED) is 0.227. The van der Waals surface area contributed by atoms with Crippen LogP contribution < -0.4 is 15.0 Å². The molecule has 0 bridgehead atoms. The van der Waals surface area contributed by atoms with Crippen molar-refractivity contribution in [2.45, 2.75) is 32.9 Å². The summed E-state index contributed by atoms with van der Waals surface area (Å²) < 4.78 is 8.42. The van der Waals surface area contributed by atoms with E-state index in [9.17, 15) is 0 Å². The van der Waals surface area contributed by atoms with E-state index in [-0.39, 0.29) is 12.1 Å². The van der Waals surface area contributed by atoms with E-state index in [1.165, 1.54) is 11.1 Å². The van der Waals surface area contributed by atoms with Crippen LogP contribution in [0.15, 0.2) is 109 Å². The van der Waals surface area contributed by atoms with Crippen molar-refractivity contribution < 1.29 is 4.74 Å². The lowest BCUT2D eigenvalue weighted by Crippen LogP contribution is -2.30. The summed E-state index contributed by atoms with van der Waals surface area (Å²) in [6.45, 7) is 6.34. The number of benzene rings is 3. The monoisotopic (exact) mass is 530 g/mol.